The SMILES string of the molecule is CSC1CCC(n2c(C)nnc2Cl)CC1. The molecule has 0 aromatic carbocycles. The number of rotatable bonds is 2. The molecule has 1 aliphatic rings. The summed E-state index contributed by atoms with van der Waals surface area (Å²) in [7, 11) is 0. The highest BCUT2D eigenvalue weighted by molar-refractivity contribution is 7.99. The lowest BCUT2D eigenvalue weighted by molar-refractivity contribution is 0.354. The van der Waals surface area contributed by atoms with Gasteiger partial charge in [0.05, 0.1) is 0 Å². The average Bonchev–Trinajstić information content (AvgIpc) is 2.59. The fraction of sp³-hybridized carbons (Fsp3) is 0.800. The lowest BCUT2D eigenvalue weighted by atomic mass is 9.95. The number of halogens is 1. The maximum atomic E-state index is 6.03. The van der Waals surface area contributed by atoms with Crippen LogP contribution in [0.4, 0.5) is 0 Å². The van der Waals surface area contributed by atoms with E-state index in [0.29, 0.717) is 11.3 Å². The molecule has 0 atom stereocenters. The van der Waals surface area contributed by atoms with E-state index in [0.717, 1.165) is 11.1 Å². The summed E-state index contributed by atoms with van der Waals surface area (Å²) in [5, 5.41) is 9.28. The fourth-order valence-corrected chi connectivity index (χ4v) is 3.34. The van der Waals surface area contributed by atoms with Crippen molar-refractivity contribution in [3.05, 3.63) is 11.1 Å². The van der Waals surface area contributed by atoms with Gasteiger partial charge in [0.2, 0.25) is 5.28 Å². The molecule has 1 heterocycles. The highest BCUT2D eigenvalue weighted by Gasteiger charge is 2.24. The van der Waals surface area contributed by atoms with Crippen molar-refractivity contribution in [3.8, 4) is 0 Å². The van der Waals surface area contributed by atoms with E-state index in [1.807, 2.05) is 18.7 Å². The highest BCUT2D eigenvalue weighted by atomic mass is 35.5. The van der Waals surface area contributed by atoms with Crippen molar-refractivity contribution in [2.45, 2.75) is 43.9 Å². The molecule has 0 aliphatic heterocycles. The summed E-state index contributed by atoms with van der Waals surface area (Å²) < 4.78 is 2.08. The number of aryl methyl sites for hydroxylation is 1. The predicted octanol–water partition coefficient (Wildman–Crippen LogP) is 3.09. The molecule has 0 saturated heterocycles. The van der Waals surface area contributed by atoms with Gasteiger partial charge < -0.3 is 0 Å². The van der Waals surface area contributed by atoms with Crippen LogP contribution in [0.2, 0.25) is 5.28 Å². The molecule has 5 heteroatoms. The molecule has 0 radical (unpaired) electrons. The number of aromatic nitrogens is 3. The number of nitrogens with zero attached hydrogens (tertiary/aromatic N) is 3. The van der Waals surface area contributed by atoms with E-state index in [-0.39, 0.29) is 0 Å². The van der Waals surface area contributed by atoms with Crippen LogP contribution >= 0.6 is 23.4 Å². The first kappa shape index (κ1) is 11.3. The molecule has 0 unspecified atom stereocenters. The largest absolute Gasteiger partial charge is 0.299 e. The van der Waals surface area contributed by atoms with E-state index in [1.165, 1.54) is 25.7 Å². The van der Waals surface area contributed by atoms with Gasteiger partial charge in [0.1, 0.15) is 5.82 Å². The second-order valence-corrected chi connectivity index (χ2v) is 5.53. The van der Waals surface area contributed by atoms with Crippen LogP contribution in [-0.2, 0) is 0 Å². The van der Waals surface area contributed by atoms with Gasteiger partial charge in [-0.2, -0.15) is 11.8 Å². The van der Waals surface area contributed by atoms with E-state index in [1.54, 1.807) is 0 Å². The van der Waals surface area contributed by atoms with Gasteiger partial charge in [0.25, 0.3) is 0 Å². The van der Waals surface area contributed by atoms with Gasteiger partial charge in [0, 0.05) is 11.3 Å². The van der Waals surface area contributed by atoms with Crippen molar-refractivity contribution in [1.82, 2.24) is 14.8 Å². The fourth-order valence-electron chi connectivity index (χ4n) is 2.30. The zero-order valence-electron chi connectivity index (χ0n) is 9.11. The van der Waals surface area contributed by atoms with Crippen LogP contribution in [0.5, 0.6) is 0 Å². The smallest absolute Gasteiger partial charge is 0.225 e. The first-order valence-corrected chi connectivity index (χ1v) is 6.98. The Morgan fingerprint density at radius 2 is 1.93 bits per heavy atom. The van der Waals surface area contributed by atoms with Gasteiger partial charge in [-0.05, 0) is 50.5 Å². The standard InChI is InChI=1S/C10H16ClN3S/c1-7-12-13-10(11)14(7)8-3-5-9(15-2)6-4-8/h8-9H,3-6H2,1-2H3. The van der Waals surface area contributed by atoms with E-state index in [9.17, 15) is 0 Å². The summed E-state index contributed by atoms with van der Waals surface area (Å²) in [4.78, 5) is 0. The third kappa shape index (κ3) is 2.31. The number of thioether (sulfide) groups is 1. The van der Waals surface area contributed by atoms with Crippen molar-refractivity contribution in [1.29, 1.82) is 0 Å². The normalized spacial score (nSPS) is 26.9. The summed E-state index contributed by atoms with van der Waals surface area (Å²) in [5.74, 6) is 0.938. The molecular weight excluding hydrogens is 230 g/mol. The van der Waals surface area contributed by atoms with Crippen LogP contribution in [0.15, 0.2) is 0 Å². The Labute approximate surface area is 99.6 Å². The highest BCUT2D eigenvalue weighted by Crippen LogP contribution is 2.35. The number of hydrogen-bond donors (Lipinski definition) is 0. The molecule has 0 amide bonds. The van der Waals surface area contributed by atoms with Crippen molar-refractivity contribution >= 4 is 23.4 Å². The van der Waals surface area contributed by atoms with Crippen LogP contribution in [-0.4, -0.2) is 26.3 Å². The van der Waals surface area contributed by atoms with Crippen molar-refractivity contribution in [2.75, 3.05) is 6.26 Å². The Bertz CT molecular complexity index is 312. The van der Waals surface area contributed by atoms with E-state index in [4.69, 9.17) is 11.6 Å². The Balaban J connectivity index is 2.07. The van der Waals surface area contributed by atoms with Crippen LogP contribution in [0.3, 0.4) is 0 Å². The Kier molecular flexibility index (Phi) is 3.57. The molecule has 0 bridgehead atoms. The van der Waals surface area contributed by atoms with Crippen molar-refractivity contribution in [2.24, 2.45) is 0 Å². The quantitative estimate of drug-likeness (QED) is 0.802. The summed E-state index contributed by atoms with van der Waals surface area (Å²) in [6, 6.07) is 0.510. The molecule has 0 N–H and O–H groups in total. The molecular formula is C10H16ClN3S. The maximum absolute atomic E-state index is 6.03. The molecule has 1 aromatic rings. The minimum Gasteiger partial charge on any atom is -0.299 e. The van der Waals surface area contributed by atoms with Crippen LogP contribution < -0.4 is 0 Å². The molecule has 84 valence electrons. The van der Waals surface area contributed by atoms with E-state index >= 15 is 0 Å². The summed E-state index contributed by atoms with van der Waals surface area (Å²) >= 11 is 8.01. The van der Waals surface area contributed by atoms with Gasteiger partial charge in [-0.15, -0.1) is 10.2 Å². The molecule has 1 aromatic heterocycles. The van der Waals surface area contributed by atoms with E-state index < -0.39 is 0 Å². The molecule has 1 fully saturated rings. The van der Waals surface area contributed by atoms with Gasteiger partial charge in [-0.3, -0.25) is 4.57 Å². The van der Waals surface area contributed by atoms with Crippen molar-refractivity contribution < 1.29 is 0 Å². The third-order valence-corrected chi connectivity index (χ3v) is 4.56. The number of hydrogen-bond acceptors (Lipinski definition) is 3. The minimum atomic E-state index is 0.510. The second kappa shape index (κ2) is 4.74. The van der Waals surface area contributed by atoms with Gasteiger partial charge in [-0.1, -0.05) is 0 Å². The first-order valence-electron chi connectivity index (χ1n) is 5.32. The molecule has 15 heavy (non-hydrogen) atoms. The maximum Gasteiger partial charge on any atom is 0.225 e. The van der Waals surface area contributed by atoms with E-state index in [2.05, 4.69) is 21.0 Å². The Morgan fingerprint density at radius 1 is 1.27 bits per heavy atom. The van der Waals surface area contributed by atoms with Gasteiger partial charge in [0.15, 0.2) is 0 Å². The molecule has 3 nitrogen and oxygen atoms in total. The molecule has 2 rings (SSSR count). The zero-order valence-corrected chi connectivity index (χ0v) is 10.7. The minimum absolute atomic E-state index is 0.510. The lowest BCUT2D eigenvalue weighted by Gasteiger charge is -2.28. The lowest BCUT2D eigenvalue weighted by Crippen LogP contribution is -2.20. The topological polar surface area (TPSA) is 30.7 Å². The molecule has 0 spiro atoms. The molecule has 1 saturated carbocycles. The third-order valence-electron chi connectivity index (χ3n) is 3.17. The zero-order chi connectivity index (χ0) is 10.8. The monoisotopic (exact) mass is 245 g/mol. The average molecular weight is 246 g/mol. The van der Waals surface area contributed by atoms with Crippen molar-refractivity contribution in [3.63, 3.8) is 0 Å². The Morgan fingerprint density at radius 3 is 2.40 bits per heavy atom. The van der Waals surface area contributed by atoms with Crippen LogP contribution in [0, 0.1) is 6.92 Å². The summed E-state index contributed by atoms with van der Waals surface area (Å²) in [6.07, 6.45) is 7.15. The first-order chi connectivity index (χ1) is 7.22. The van der Waals surface area contributed by atoms with Crippen LogP contribution in [0.25, 0.3) is 0 Å². The Hall–Kier alpha value is -0.220. The predicted molar refractivity (Wildman–Crippen MR) is 64.6 cm³/mol. The van der Waals surface area contributed by atoms with Gasteiger partial charge >= 0.3 is 0 Å². The van der Waals surface area contributed by atoms with Crippen LogP contribution in [0.1, 0.15) is 37.5 Å². The molecule has 1 aliphatic carbocycles. The summed E-state index contributed by atoms with van der Waals surface area (Å²) in [6.45, 7) is 1.97. The second-order valence-electron chi connectivity index (χ2n) is 4.05. The van der Waals surface area contributed by atoms with Gasteiger partial charge in [-0.25, -0.2) is 0 Å². The summed E-state index contributed by atoms with van der Waals surface area (Å²) in [5.41, 5.74) is 0.